The van der Waals surface area contributed by atoms with Gasteiger partial charge in [0, 0.05) is 12.0 Å². The van der Waals surface area contributed by atoms with Crippen molar-refractivity contribution in [2.75, 3.05) is 5.75 Å². The molecule has 2 heterocycles. The summed E-state index contributed by atoms with van der Waals surface area (Å²) in [7, 11) is 0. The number of hydrogen-bond acceptors (Lipinski definition) is 2. The Morgan fingerprint density at radius 2 is 2.58 bits per heavy atom. The van der Waals surface area contributed by atoms with Crippen LogP contribution in [-0.2, 0) is 4.79 Å². The summed E-state index contributed by atoms with van der Waals surface area (Å²) in [6, 6.07) is 0. The number of carbonyl (C=O) groups excluding carboxylic acids is 1. The van der Waals surface area contributed by atoms with Gasteiger partial charge in [-0.05, 0) is 12.5 Å². The lowest BCUT2D eigenvalue weighted by molar-refractivity contribution is -0.137. The Labute approximate surface area is 76.3 Å². The second-order valence-corrected chi connectivity index (χ2v) is 4.14. The van der Waals surface area contributed by atoms with Crippen LogP contribution in [0, 0.1) is 0 Å². The van der Waals surface area contributed by atoms with E-state index in [1.165, 1.54) is 5.57 Å². The molecule has 1 saturated heterocycles. The van der Waals surface area contributed by atoms with Crippen molar-refractivity contribution in [3.63, 3.8) is 0 Å². The van der Waals surface area contributed by atoms with E-state index in [-0.39, 0.29) is 5.91 Å². The van der Waals surface area contributed by atoms with Crippen molar-refractivity contribution in [2.24, 2.45) is 0 Å². The smallest absolute Gasteiger partial charge is 0.230 e. The molecule has 2 aliphatic rings. The van der Waals surface area contributed by atoms with E-state index in [1.807, 2.05) is 35.9 Å². The van der Waals surface area contributed by atoms with Gasteiger partial charge in [0.1, 0.15) is 0 Å². The first kappa shape index (κ1) is 7.92. The Hall–Kier alpha value is -0.700. The van der Waals surface area contributed by atoms with Gasteiger partial charge < -0.3 is 4.90 Å². The first-order chi connectivity index (χ1) is 5.81. The molecular weight excluding hydrogens is 170 g/mol. The second-order valence-electron chi connectivity index (χ2n) is 2.97. The quantitative estimate of drug-likeness (QED) is 0.574. The first-order valence-corrected chi connectivity index (χ1v) is 5.12. The van der Waals surface area contributed by atoms with Crippen LogP contribution in [0.25, 0.3) is 0 Å². The van der Waals surface area contributed by atoms with Crippen molar-refractivity contribution in [3.05, 3.63) is 23.9 Å². The van der Waals surface area contributed by atoms with Gasteiger partial charge in [-0.2, -0.15) is 0 Å². The van der Waals surface area contributed by atoms with Crippen LogP contribution in [0.4, 0.5) is 0 Å². The van der Waals surface area contributed by atoms with Crippen LogP contribution < -0.4 is 0 Å². The number of allylic oxidation sites excluding steroid dienone is 2. The predicted octanol–water partition coefficient (Wildman–Crippen LogP) is 1.75. The van der Waals surface area contributed by atoms with Crippen molar-refractivity contribution in [1.29, 1.82) is 0 Å². The van der Waals surface area contributed by atoms with Crippen LogP contribution in [0.3, 0.4) is 0 Å². The van der Waals surface area contributed by atoms with Gasteiger partial charge in [0.15, 0.2) is 0 Å². The summed E-state index contributed by atoms with van der Waals surface area (Å²) in [5.74, 6) is 1.30. The summed E-state index contributed by atoms with van der Waals surface area (Å²) in [5, 5.41) is 0.437. The molecule has 64 valence electrons. The molecule has 12 heavy (non-hydrogen) atoms. The van der Waals surface area contributed by atoms with Gasteiger partial charge in [0.2, 0.25) is 5.91 Å². The fourth-order valence-electron chi connectivity index (χ4n) is 1.41. The van der Waals surface area contributed by atoms with Crippen LogP contribution in [-0.4, -0.2) is 21.9 Å². The number of amides is 1. The molecule has 0 N–H and O–H groups in total. The molecule has 1 amide bonds. The highest BCUT2D eigenvalue weighted by atomic mass is 32.2. The van der Waals surface area contributed by atoms with Crippen molar-refractivity contribution < 1.29 is 4.79 Å². The minimum atomic E-state index is 0.259. The zero-order valence-electron chi connectivity index (χ0n) is 6.99. The summed E-state index contributed by atoms with van der Waals surface area (Å²) < 4.78 is 0. The summed E-state index contributed by atoms with van der Waals surface area (Å²) in [5.41, 5.74) is 1.24. The molecule has 0 spiro atoms. The zero-order chi connectivity index (χ0) is 8.55. The molecular formula is C9H11NOS. The molecule has 2 aliphatic heterocycles. The van der Waals surface area contributed by atoms with Gasteiger partial charge >= 0.3 is 0 Å². The van der Waals surface area contributed by atoms with Gasteiger partial charge in [-0.1, -0.05) is 12.2 Å². The monoisotopic (exact) mass is 181 g/mol. The number of carbonyl (C=O) groups is 1. The Bertz CT molecular complexity index is 270. The van der Waals surface area contributed by atoms with Crippen LogP contribution in [0.2, 0.25) is 0 Å². The molecule has 0 bridgehead atoms. The SMILES string of the molecule is C/C=C\C1=CN2C(=O)CC2SC1. The van der Waals surface area contributed by atoms with Crippen LogP contribution in [0.1, 0.15) is 13.3 Å². The molecule has 1 atom stereocenters. The summed E-state index contributed by atoms with van der Waals surface area (Å²) in [6.07, 6.45) is 6.78. The molecule has 0 saturated carbocycles. The summed E-state index contributed by atoms with van der Waals surface area (Å²) >= 11 is 1.85. The molecule has 3 heteroatoms. The predicted molar refractivity (Wildman–Crippen MR) is 50.6 cm³/mol. The summed E-state index contributed by atoms with van der Waals surface area (Å²) in [4.78, 5) is 12.9. The highest BCUT2D eigenvalue weighted by Gasteiger charge is 2.37. The van der Waals surface area contributed by atoms with E-state index in [9.17, 15) is 4.79 Å². The van der Waals surface area contributed by atoms with E-state index in [0.29, 0.717) is 5.37 Å². The molecule has 0 aromatic carbocycles. The molecule has 1 unspecified atom stereocenters. The van der Waals surface area contributed by atoms with Crippen LogP contribution in [0.5, 0.6) is 0 Å². The second kappa shape index (κ2) is 2.98. The van der Waals surface area contributed by atoms with E-state index in [2.05, 4.69) is 6.08 Å². The average molecular weight is 181 g/mol. The summed E-state index contributed by atoms with van der Waals surface area (Å²) in [6.45, 7) is 2.00. The average Bonchev–Trinajstić information content (AvgIpc) is 2.07. The number of hydrogen-bond donors (Lipinski definition) is 0. The highest BCUT2D eigenvalue weighted by molar-refractivity contribution is 8.00. The maximum atomic E-state index is 11.1. The standard InChI is InChI=1S/C9H11NOS/c1-2-3-7-5-10-8(11)4-9(10)12-6-7/h2-3,5,9H,4,6H2,1H3/b3-2-. The van der Waals surface area contributed by atoms with E-state index in [4.69, 9.17) is 0 Å². The molecule has 0 radical (unpaired) electrons. The number of thioether (sulfide) groups is 1. The van der Waals surface area contributed by atoms with Crippen LogP contribution >= 0.6 is 11.8 Å². The largest absolute Gasteiger partial charge is 0.306 e. The van der Waals surface area contributed by atoms with E-state index < -0.39 is 0 Å². The van der Waals surface area contributed by atoms with Gasteiger partial charge in [0.05, 0.1) is 11.8 Å². The maximum absolute atomic E-state index is 11.1. The number of fused-ring (bicyclic) bond motifs is 1. The van der Waals surface area contributed by atoms with Crippen molar-refractivity contribution in [2.45, 2.75) is 18.7 Å². The molecule has 2 nitrogen and oxygen atoms in total. The van der Waals surface area contributed by atoms with E-state index in [0.717, 1.165) is 12.2 Å². The fraction of sp³-hybridized carbons (Fsp3) is 0.444. The number of rotatable bonds is 1. The van der Waals surface area contributed by atoms with Gasteiger partial charge in [-0.3, -0.25) is 4.79 Å². The Morgan fingerprint density at radius 3 is 3.25 bits per heavy atom. The molecule has 1 fully saturated rings. The Balaban J connectivity index is 2.13. The third-order valence-electron chi connectivity index (χ3n) is 2.08. The van der Waals surface area contributed by atoms with Crippen molar-refractivity contribution in [3.8, 4) is 0 Å². The molecule has 0 aliphatic carbocycles. The van der Waals surface area contributed by atoms with E-state index >= 15 is 0 Å². The third-order valence-corrected chi connectivity index (χ3v) is 3.35. The molecule has 2 rings (SSSR count). The lowest BCUT2D eigenvalue weighted by Crippen LogP contribution is -2.48. The topological polar surface area (TPSA) is 20.3 Å². The van der Waals surface area contributed by atoms with Crippen molar-refractivity contribution in [1.82, 2.24) is 4.90 Å². The Morgan fingerprint density at radius 1 is 1.75 bits per heavy atom. The minimum absolute atomic E-state index is 0.259. The maximum Gasteiger partial charge on any atom is 0.230 e. The first-order valence-electron chi connectivity index (χ1n) is 4.07. The van der Waals surface area contributed by atoms with Crippen LogP contribution in [0.15, 0.2) is 23.9 Å². The van der Waals surface area contributed by atoms with Gasteiger partial charge in [-0.15, -0.1) is 11.8 Å². The Kier molecular flexibility index (Phi) is 1.97. The molecule has 0 aromatic rings. The normalized spacial score (nSPS) is 28.4. The number of nitrogens with zero attached hydrogens (tertiary/aromatic N) is 1. The van der Waals surface area contributed by atoms with Gasteiger partial charge in [0.25, 0.3) is 0 Å². The zero-order valence-corrected chi connectivity index (χ0v) is 7.80. The van der Waals surface area contributed by atoms with Crippen molar-refractivity contribution >= 4 is 17.7 Å². The highest BCUT2D eigenvalue weighted by Crippen LogP contribution is 2.35. The fourth-order valence-corrected chi connectivity index (χ4v) is 2.56. The van der Waals surface area contributed by atoms with Gasteiger partial charge in [-0.25, -0.2) is 0 Å². The lowest BCUT2D eigenvalue weighted by atomic mass is 10.2. The van der Waals surface area contributed by atoms with E-state index in [1.54, 1.807) is 0 Å². The molecule has 0 aromatic heterocycles. The minimum Gasteiger partial charge on any atom is -0.306 e. The third kappa shape index (κ3) is 1.18. The lowest BCUT2D eigenvalue weighted by Gasteiger charge is -2.40. The number of β-lactam (4-membered cyclic amide) rings is 1.